The van der Waals surface area contributed by atoms with Crippen LogP contribution in [0.2, 0.25) is 0 Å². The second-order valence-corrected chi connectivity index (χ2v) is 12.1. The van der Waals surface area contributed by atoms with E-state index in [1.165, 1.54) is 32.7 Å². The minimum Gasteiger partial charge on any atom is -0.456 e. The molecule has 3 nitrogen and oxygen atoms in total. The maximum absolute atomic E-state index is 6.51. The highest BCUT2D eigenvalue weighted by Gasteiger charge is 2.21. The van der Waals surface area contributed by atoms with Gasteiger partial charge in [-0.05, 0) is 93.3 Å². The molecule has 0 N–H and O–H groups in total. The summed E-state index contributed by atoms with van der Waals surface area (Å²) in [6.07, 6.45) is 0. The van der Waals surface area contributed by atoms with Gasteiger partial charge in [-0.1, -0.05) is 103 Å². The fourth-order valence-corrected chi connectivity index (χ4v) is 7.23. The van der Waals surface area contributed by atoms with Crippen LogP contribution in [0.4, 0.5) is 17.1 Å². The Bertz CT molecular complexity index is 2800. The smallest absolute Gasteiger partial charge is 0.137 e. The first-order valence-electron chi connectivity index (χ1n) is 15.9. The molecular formula is C44H27NO2. The molecule has 3 heteroatoms. The van der Waals surface area contributed by atoms with Crippen molar-refractivity contribution in [1.29, 1.82) is 0 Å². The monoisotopic (exact) mass is 601 g/mol. The summed E-state index contributed by atoms with van der Waals surface area (Å²) in [6.45, 7) is 0. The summed E-state index contributed by atoms with van der Waals surface area (Å²) in [7, 11) is 0. The average molecular weight is 602 g/mol. The topological polar surface area (TPSA) is 29.5 Å². The first-order valence-corrected chi connectivity index (χ1v) is 15.9. The minimum absolute atomic E-state index is 0.861. The van der Waals surface area contributed by atoms with Crippen molar-refractivity contribution in [1.82, 2.24) is 0 Å². The Morgan fingerprint density at radius 1 is 0.362 bits per heavy atom. The highest BCUT2D eigenvalue weighted by Crippen LogP contribution is 2.45. The zero-order valence-electron chi connectivity index (χ0n) is 25.4. The van der Waals surface area contributed by atoms with Gasteiger partial charge in [0.1, 0.15) is 22.3 Å². The Balaban J connectivity index is 1.22. The normalized spacial score (nSPS) is 11.8. The van der Waals surface area contributed by atoms with Crippen molar-refractivity contribution in [3.63, 3.8) is 0 Å². The molecule has 0 aliphatic carbocycles. The van der Waals surface area contributed by atoms with Crippen molar-refractivity contribution in [2.75, 3.05) is 4.90 Å². The lowest BCUT2D eigenvalue weighted by Gasteiger charge is -2.26. The Morgan fingerprint density at radius 3 is 1.87 bits per heavy atom. The number of hydrogen-bond donors (Lipinski definition) is 0. The number of hydrogen-bond acceptors (Lipinski definition) is 3. The molecule has 10 rings (SSSR count). The molecular weight excluding hydrogens is 574 g/mol. The van der Waals surface area contributed by atoms with Gasteiger partial charge in [-0.2, -0.15) is 0 Å². The maximum Gasteiger partial charge on any atom is 0.137 e. The van der Waals surface area contributed by atoms with Crippen molar-refractivity contribution in [3.8, 4) is 11.1 Å². The van der Waals surface area contributed by atoms with E-state index in [4.69, 9.17) is 8.83 Å². The summed E-state index contributed by atoms with van der Waals surface area (Å²) in [5, 5.41) is 9.22. The Morgan fingerprint density at radius 2 is 1.00 bits per heavy atom. The van der Waals surface area contributed by atoms with Gasteiger partial charge in [0.15, 0.2) is 0 Å². The third-order valence-electron chi connectivity index (χ3n) is 9.43. The molecule has 2 aromatic heterocycles. The summed E-state index contributed by atoms with van der Waals surface area (Å²) >= 11 is 0. The molecule has 0 spiro atoms. The first kappa shape index (κ1) is 26.0. The lowest BCUT2D eigenvalue weighted by molar-refractivity contribution is 0.668. The van der Waals surface area contributed by atoms with Crippen LogP contribution in [0.15, 0.2) is 173 Å². The minimum atomic E-state index is 0.861. The van der Waals surface area contributed by atoms with Gasteiger partial charge >= 0.3 is 0 Å². The lowest BCUT2D eigenvalue weighted by Crippen LogP contribution is -2.10. The number of rotatable bonds is 4. The molecule has 220 valence electrons. The van der Waals surface area contributed by atoms with E-state index in [1.54, 1.807) is 0 Å². The van der Waals surface area contributed by atoms with Gasteiger partial charge in [-0.25, -0.2) is 0 Å². The van der Waals surface area contributed by atoms with E-state index >= 15 is 0 Å². The van der Waals surface area contributed by atoms with E-state index in [-0.39, 0.29) is 0 Å². The second kappa shape index (κ2) is 10.1. The number of benzene rings is 8. The summed E-state index contributed by atoms with van der Waals surface area (Å²) < 4.78 is 12.7. The molecule has 0 saturated carbocycles. The van der Waals surface area contributed by atoms with Crippen molar-refractivity contribution in [2.24, 2.45) is 0 Å². The summed E-state index contributed by atoms with van der Waals surface area (Å²) in [5.74, 6) is 0. The van der Waals surface area contributed by atoms with Crippen LogP contribution in [-0.4, -0.2) is 0 Å². The molecule has 10 aromatic rings. The van der Waals surface area contributed by atoms with Gasteiger partial charge in [0.25, 0.3) is 0 Å². The molecule has 0 amide bonds. The standard InChI is InChI=1S/C44H27NO2/c1-2-11-31-26-43-38(25-30(31)10-1)44-39(16-8-18-42(44)47-43)45(33-23-24-41-37(27-33)36-14-5-6-17-40(36)46-41)32-21-19-29(20-22-32)35-15-7-12-28-9-3-4-13-34(28)35/h1-27H. The van der Waals surface area contributed by atoms with Gasteiger partial charge < -0.3 is 13.7 Å². The number of furan rings is 2. The van der Waals surface area contributed by atoms with E-state index in [1.807, 2.05) is 12.1 Å². The Kier molecular flexibility index (Phi) is 5.57. The number of nitrogens with zero attached hydrogens (tertiary/aromatic N) is 1. The average Bonchev–Trinajstić information content (AvgIpc) is 3.69. The van der Waals surface area contributed by atoms with Gasteiger partial charge in [-0.15, -0.1) is 0 Å². The molecule has 0 bridgehead atoms. The predicted molar refractivity (Wildman–Crippen MR) is 196 cm³/mol. The summed E-state index contributed by atoms with van der Waals surface area (Å²) in [4.78, 5) is 2.35. The van der Waals surface area contributed by atoms with E-state index in [0.717, 1.165) is 60.9 Å². The predicted octanol–water partition coefficient (Wildman–Crippen LogP) is 12.9. The highest BCUT2D eigenvalue weighted by atomic mass is 16.3. The van der Waals surface area contributed by atoms with Crippen molar-refractivity contribution < 1.29 is 8.83 Å². The highest BCUT2D eigenvalue weighted by molar-refractivity contribution is 6.17. The molecule has 0 radical (unpaired) electrons. The SMILES string of the molecule is c1ccc2cc3c(cc2c1)oc1cccc(N(c2ccc(-c4cccc5ccccc45)cc2)c2ccc4oc5ccccc5c4c2)c13. The quantitative estimate of drug-likeness (QED) is 0.201. The zero-order chi connectivity index (χ0) is 30.9. The Hall–Kier alpha value is -6.32. The molecule has 0 aliphatic rings. The van der Waals surface area contributed by atoms with Crippen LogP contribution < -0.4 is 4.90 Å². The molecule has 8 aromatic carbocycles. The lowest BCUT2D eigenvalue weighted by atomic mass is 9.98. The molecule has 0 aliphatic heterocycles. The first-order chi connectivity index (χ1) is 23.3. The van der Waals surface area contributed by atoms with E-state index < -0.39 is 0 Å². The van der Waals surface area contributed by atoms with Gasteiger partial charge in [0, 0.05) is 27.5 Å². The van der Waals surface area contributed by atoms with Gasteiger partial charge in [0.05, 0.1) is 11.1 Å². The van der Waals surface area contributed by atoms with Gasteiger partial charge in [0.2, 0.25) is 0 Å². The Labute approximate surface area is 270 Å². The van der Waals surface area contributed by atoms with E-state index in [9.17, 15) is 0 Å². The van der Waals surface area contributed by atoms with Crippen LogP contribution in [0.3, 0.4) is 0 Å². The van der Waals surface area contributed by atoms with Crippen LogP contribution in [0.1, 0.15) is 0 Å². The van der Waals surface area contributed by atoms with Crippen LogP contribution in [0.25, 0.3) is 76.5 Å². The molecule has 2 heterocycles. The summed E-state index contributed by atoms with van der Waals surface area (Å²) in [5.41, 5.74) is 9.08. The van der Waals surface area contributed by atoms with Crippen molar-refractivity contribution in [3.05, 3.63) is 164 Å². The van der Waals surface area contributed by atoms with Crippen LogP contribution in [-0.2, 0) is 0 Å². The van der Waals surface area contributed by atoms with Gasteiger partial charge in [-0.3, -0.25) is 0 Å². The van der Waals surface area contributed by atoms with Crippen molar-refractivity contribution in [2.45, 2.75) is 0 Å². The zero-order valence-corrected chi connectivity index (χ0v) is 25.4. The fraction of sp³-hybridized carbons (Fsp3) is 0. The second-order valence-electron chi connectivity index (χ2n) is 12.1. The molecule has 0 atom stereocenters. The number of para-hydroxylation sites is 1. The van der Waals surface area contributed by atoms with E-state index in [2.05, 4.69) is 157 Å². The van der Waals surface area contributed by atoms with Crippen LogP contribution >= 0.6 is 0 Å². The third kappa shape index (κ3) is 4.07. The number of anilines is 3. The number of fused-ring (bicyclic) bond motifs is 8. The summed E-state index contributed by atoms with van der Waals surface area (Å²) in [6, 6.07) is 58.0. The molecule has 47 heavy (non-hydrogen) atoms. The fourth-order valence-electron chi connectivity index (χ4n) is 7.23. The maximum atomic E-state index is 6.51. The van der Waals surface area contributed by atoms with Crippen LogP contribution in [0.5, 0.6) is 0 Å². The van der Waals surface area contributed by atoms with Crippen molar-refractivity contribution >= 4 is 82.5 Å². The van der Waals surface area contributed by atoms with E-state index in [0.29, 0.717) is 0 Å². The third-order valence-corrected chi connectivity index (χ3v) is 9.43. The molecule has 0 saturated heterocycles. The van der Waals surface area contributed by atoms with Crippen LogP contribution in [0, 0.1) is 0 Å². The largest absolute Gasteiger partial charge is 0.456 e. The molecule has 0 fully saturated rings. The molecule has 0 unspecified atom stereocenters.